The van der Waals surface area contributed by atoms with Crippen molar-refractivity contribution < 1.29 is 4.21 Å². The minimum atomic E-state index is -0.825. The van der Waals surface area contributed by atoms with Crippen LogP contribution in [-0.2, 0) is 17.2 Å². The topological polar surface area (TPSA) is 29.1 Å². The fourth-order valence-corrected chi connectivity index (χ4v) is 4.89. The van der Waals surface area contributed by atoms with Crippen LogP contribution in [0.1, 0.15) is 23.3 Å². The van der Waals surface area contributed by atoms with E-state index in [1.54, 1.807) is 0 Å². The van der Waals surface area contributed by atoms with Gasteiger partial charge in [-0.3, -0.25) is 4.21 Å². The van der Waals surface area contributed by atoms with Crippen molar-refractivity contribution in [1.82, 2.24) is 5.32 Å². The molecular weight excluding hydrogens is 278 g/mol. The zero-order valence-corrected chi connectivity index (χ0v) is 13.1. The van der Waals surface area contributed by atoms with Crippen molar-refractivity contribution in [3.05, 3.63) is 71.8 Å². The molecule has 1 fully saturated rings. The third-order valence-electron chi connectivity index (χ3n) is 3.99. The Balaban J connectivity index is 1.88. The lowest BCUT2D eigenvalue weighted by atomic mass is 9.97. The van der Waals surface area contributed by atoms with E-state index < -0.39 is 10.8 Å². The molecule has 4 atom stereocenters. The lowest BCUT2D eigenvalue weighted by Gasteiger charge is -2.36. The smallest absolute Gasteiger partial charge is 0.0754 e. The Morgan fingerprint density at radius 3 is 2.33 bits per heavy atom. The van der Waals surface area contributed by atoms with Crippen LogP contribution in [0.3, 0.4) is 0 Å². The number of hydrogen-bond acceptors (Lipinski definition) is 2. The van der Waals surface area contributed by atoms with Crippen molar-refractivity contribution in [3.63, 3.8) is 0 Å². The van der Waals surface area contributed by atoms with E-state index in [1.807, 2.05) is 24.3 Å². The predicted octanol–water partition coefficient (Wildman–Crippen LogP) is 3.08. The van der Waals surface area contributed by atoms with Crippen LogP contribution in [0.15, 0.2) is 60.7 Å². The highest BCUT2D eigenvalue weighted by molar-refractivity contribution is 7.85. The van der Waals surface area contributed by atoms with Crippen LogP contribution >= 0.6 is 0 Å². The van der Waals surface area contributed by atoms with Crippen molar-refractivity contribution in [2.75, 3.05) is 5.75 Å². The fraction of sp³-hybridized carbons (Fsp3) is 0.333. The van der Waals surface area contributed by atoms with Gasteiger partial charge in [0.25, 0.3) is 0 Å². The van der Waals surface area contributed by atoms with Crippen LogP contribution in [0.25, 0.3) is 0 Å². The maximum absolute atomic E-state index is 12.7. The molecule has 1 N–H and O–H groups in total. The first-order chi connectivity index (χ1) is 10.2. The first-order valence-electron chi connectivity index (χ1n) is 7.46. The van der Waals surface area contributed by atoms with Crippen molar-refractivity contribution >= 4 is 10.8 Å². The minimum Gasteiger partial charge on any atom is -0.309 e. The largest absolute Gasteiger partial charge is 0.309 e. The van der Waals surface area contributed by atoms with E-state index in [9.17, 15) is 4.21 Å². The van der Waals surface area contributed by atoms with E-state index in [0.717, 1.165) is 12.2 Å². The van der Waals surface area contributed by atoms with E-state index in [0.29, 0.717) is 6.04 Å². The first kappa shape index (κ1) is 14.5. The molecule has 4 unspecified atom stereocenters. The SMILES string of the molecule is CC1CS(=O)C(c2ccccc2)C(Cc2ccccc2)N1. The van der Waals surface area contributed by atoms with Gasteiger partial charge in [-0.25, -0.2) is 0 Å². The second-order valence-electron chi connectivity index (χ2n) is 5.74. The molecule has 21 heavy (non-hydrogen) atoms. The lowest BCUT2D eigenvalue weighted by Crippen LogP contribution is -2.51. The van der Waals surface area contributed by atoms with E-state index in [-0.39, 0.29) is 11.3 Å². The molecule has 1 heterocycles. The Morgan fingerprint density at radius 1 is 1.05 bits per heavy atom. The number of rotatable bonds is 3. The van der Waals surface area contributed by atoms with Gasteiger partial charge >= 0.3 is 0 Å². The van der Waals surface area contributed by atoms with Crippen molar-refractivity contribution in [2.24, 2.45) is 0 Å². The number of hydrogen-bond donors (Lipinski definition) is 1. The molecule has 0 spiro atoms. The summed E-state index contributed by atoms with van der Waals surface area (Å²) in [4.78, 5) is 0. The van der Waals surface area contributed by atoms with Crippen LogP contribution in [-0.4, -0.2) is 22.0 Å². The van der Waals surface area contributed by atoms with Crippen LogP contribution < -0.4 is 5.32 Å². The van der Waals surface area contributed by atoms with Gasteiger partial charge in [0.15, 0.2) is 0 Å². The fourth-order valence-electron chi connectivity index (χ4n) is 3.10. The summed E-state index contributed by atoms with van der Waals surface area (Å²) in [5.41, 5.74) is 2.47. The summed E-state index contributed by atoms with van der Waals surface area (Å²) in [6.45, 7) is 2.12. The van der Waals surface area contributed by atoms with Gasteiger partial charge in [0, 0.05) is 28.6 Å². The van der Waals surface area contributed by atoms with Crippen LogP contribution in [0.4, 0.5) is 0 Å². The summed E-state index contributed by atoms with van der Waals surface area (Å²) in [6, 6.07) is 21.2. The third kappa shape index (κ3) is 3.42. The van der Waals surface area contributed by atoms with Crippen molar-refractivity contribution in [3.8, 4) is 0 Å². The third-order valence-corrected chi connectivity index (χ3v) is 5.98. The summed E-state index contributed by atoms with van der Waals surface area (Å²) in [7, 11) is -0.825. The summed E-state index contributed by atoms with van der Waals surface area (Å²) < 4.78 is 12.7. The van der Waals surface area contributed by atoms with Gasteiger partial charge in [-0.15, -0.1) is 0 Å². The molecule has 1 aliphatic rings. The van der Waals surface area contributed by atoms with Gasteiger partial charge in [0.1, 0.15) is 0 Å². The summed E-state index contributed by atoms with van der Waals surface area (Å²) in [5, 5.41) is 3.72. The molecular formula is C18H21NOS. The van der Waals surface area contributed by atoms with Crippen molar-refractivity contribution in [2.45, 2.75) is 30.7 Å². The molecule has 2 aromatic carbocycles. The Morgan fingerprint density at radius 2 is 1.67 bits per heavy atom. The monoisotopic (exact) mass is 299 g/mol. The average Bonchev–Trinajstić information content (AvgIpc) is 2.48. The van der Waals surface area contributed by atoms with Crippen LogP contribution in [0, 0.1) is 0 Å². The highest BCUT2D eigenvalue weighted by Crippen LogP contribution is 2.30. The van der Waals surface area contributed by atoms with E-state index >= 15 is 0 Å². The maximum Gasteiger partial charge on any atom is 0.0754 e. The molecule has 0 bridgehead atoms. The first-order valence-corrected chi connectivity index (χ1v) is 8.84. The van der Waals surface area contributed by atoms with Gasteiger partial charge in [-0.05, 0) is 24.5 Å². The number of benzene rings is 2. The maximum atomic E-state index is 12.7. The van der Waals surface area contributed by atoms with E-state index in [4.69, 9.17) is 0 Å². The lowest BCUT2D eigenvalue weighted by molar-refractivity contribution is 0.427. The summed E-state index contributed by atoms with van der Waals surface area (Å²) >= 11 is 0. The molecule has 2 aromatic rings. The Kier molecular flexibility index (Phi) is 4.51. The van der Waals surface area contributed by atoms with Crippen LogP contribution in [0.5, 0.6) is 0 Å². The second kappa shape index (κ2) is 6.54. The molecule has 1 saturated heterocycles. The Labute approximate surface area is 129 Å². The second-order valence-corrected chi connectivity index (χ2v) is 7.35. The molecule has 2 nitrogen and oxygen atoms in total. The van der Waals surface area contributed by atoms with Gasteiger partial charge in [-0.2, -0.15) is 0 Å². The van der Waals surface area contributed by atoms with Crippen molar-refractivity contribution in [1.29, 1.82) is 0 Å². The summed E-state index contributed by atoms with van der Waals surface area (Å²) in [6.07, 6.45) is 0.913. The number of nitrogens with one attached hydrogen (secondary N) is 1. The molecule has 110 valence electrons. The Hall–Kier alpha value is -1.45. The molecule has 0 aliphatic carbocycles. The van der Waals surface area contributed by atoms with Gasteiger partial charge < -0.3 is 5.32 Å². The molecule has 0 saturated carbocycles. The molecule has 3 rings (SSSR count). The van der Waals surface area contributed by atoms with E-state index in [2.05, 4.69) is 48.6 Å². The minimum absolute atomic E-state index is 0.0719. The van der Waals surface area contributed by atoms with Gasteiger partial charge in [0.2, 0.25) is 0 Å². The standard InChI is InChI=1S/C18H21NOS/c1-14-13-21(20)18(16-10-6-3-7-11-16)17(19-14)12-15-8-4-2-5-9-15/h2-11,14,17-19H,12-13H2,1H3. The zero-order valence-electron chi connectivity index (χ0n) is 12.2. The highest BCUT2D eigenvalue weighted by Gasteiger charge is 2.34. The molecule has 0 radical (unpaired) electrons. The molecule has 0 aromatic heterocycles. The zero-order chi connectivity index (χ0) is 14.7. The average molecular weight is 299 g/mol. The normalized spacial score (nSPS) is 29.2. The predicted molar refractivity (Wildman–Crippen MR) is 88.7 cm³/mol. The van der Waals surface area contributed by atoms with Gasteiger partial charge in [0.05, 0.1) is 5.25 Å². The van der Waals surface area contributed by atoms with E-state index in [1.165, 1.54) is 11.1 Å². The molecule has 3 heteroatoms. The van der Waals surface area contributed by atoms with Gasteiger partial charge in [-0.1, -0.05) is 60.7 Å². The molecule has 0 amide bonds. The summed E-state index contributed by atoms with van der Waals surface area (Å²) in [5.74, 6) is 0.727. The highest BCUT2D eigenvalue weighted by atomic mass is 32.2. The van der Waals surface area contributed by atoms with Crippen LogP contribution in [0.2, 0.25) is 0 Å². The molecule has 1 aliphatic heterocycles. The quantitative estimate of drug-likeness (QED) is 0.943. The Bertz CT molecular complexity index is 599.